The number of amides is 1. The molecule has 3 rings (SSSR count). The number of carbonyl (C=O) groups is 1. The molecule has 3 heteroatoms. The van der Waals surface area contributed by atoms with E-state index >= 15 is 0 Å². The lowest BCUT2D eigenvalue weighted by Crippen LogP contribution is -2.47. The topological polar surface area (TPSA) is 38.3 Å². The Morgan fingerprint density at radius 3 is 2.88 bits per heavy atom. The van der Waals surface area contributed by atoms with Gasteiger partial charge in [-0.15, -0.1) is 0 Å². The fourth-order valence-corrected chi connectivity index (χ4v) is 2.92. The zero-order valence-corrected chi connectivity index (χ0v) is 9.11. The Labute approximate surface area is 94.8 Å². The van der Waals surface area contributed by atoms with Crippen LogP contribution in [0.4, 0.5) is 4.79 Å². The Bertz CT molecular complexity index is 404. The molecule has 0 aromatic heterocycles. The SMILES string of the molecule is O=C1N[C@@]2(c3ccccc3)CCCCC2O1. The van der Waals surface area contributed by atoms with Crippen LogP contribution in [0.1, 0.15) is 31.2 Å². The smallest absolute Gasteiger partial charge is 0.408 e. The first-order valence-electron chi connectivity index (χ1n) is 5.86. The molecular weight excluding hydrogens is 202 g/mol. The van der Waals surface area contributed by atoms with Crippen molar-refractivity contribution in [3.05, 3.63) is 35.9 Å². The van der Waals surface area contributed by atoms with Crippen LogP contribution in [0.2, 0.25) is 0 Å². The summed E-state index contributed by atoms with van der Waals surface area (Å²) in [7, 11) is 0. The summed E-state index contributed by atoms with van der Waals surface area (Å²) < 4.78 is 5.37. The molecule has 84 valence electrons. The molecule has 2 fully saturated rings. The second-order valence-electron chi connectivity index (χ2n) is 4.60. The van der Waals surface area contributed by atoms with E-state index in [0.717, 1.165) is 25.7 Å². The fraction of sp³-hybridized carbons (Fsp3) is 0.462. The highest BCUT2D eigenvalue weighted by Gasteiger charge is 2.50. The molecule has 1 heterocycles. The molecule has 16 heavy (non-hydrogen) atoms. The van der Waals surface area contributed by atoms with Crippen LogP contribution in [-0.2, 0) is 10.3 Å². The first-order chi connectivity index (χ1) is 7.81. The minimum absolute atomic E-state index is 0.0103. The number of benzene rings is 1. The molecule has 3 nitrogen and oxygen atoms in total. The number of fused-ring (bicyclic) bond motifs is 1. The third-order valence-electron chi connectivity index (χ3n) is 3.70. The molecule has 1 aliphatic carbocycles. The fourth-order valence-electron chi connectivity index (χ4n) is 2.92. The molecule has 1 saturated carbocycles. The van der Waals surface area contributed by atoms with Crippen LogP contribution in [0.5, 0.6) is 0 Å². The summed E-state index contributed by atoms with van der Waals surface area (Å²) in [6, 6.07) is 10.2. The van der Waals surface area contributed by atoms with Gasteiger partial charge in [0.1, 0.15) is 11.6 Å². The third kappa shape index (κ3) is 1.31. The lowest BCUT2D eigenvalue weighted by Gasteiger charge is -2.36. The average Bonchev–Trinajstić information content (AvgIpc) is 2.67. The Morgan fingerprint density at radius 2 is 2.06 bits per heavy atom. The van der Waals surface area contributed by atoms with Crippen LogP contribution in [0.15, 0.2) is 30.3 Å². The van der Waals surface area contributed by atoms with Gasteiger partial charge in [0.2, 0.25) is 0 Å². The number of hydrogen-bond acceptors (Lipinski definition) is 2. The molecule has 0 bridgehead atoms. The zero-order chi connectivity index (χ0) is 11.0. The maximum atomic E-state index is 11.5. The van der Waals surface area contributed by atoms with Crippen LogP contribution < -0.4 is 5.32 Å². The van der Waals surface area contributed by atoms with Crippen LogP contribution >= 0.6 is 0 Å². The predicted molar refractivity (Wildman–Crippen MR) is 60.0 cm³/mol. The summed E-state index contributed by atoms with van der Waals surface area (Å²) >= 11 is 0. The quantitative estimate of drug-likeness (QED) is 0.785. The molecule has 1 aromatic carbocycles. The molecule has 1 amide bonds. The van der Waals surface area contributed by atoms with E-state index in [0.29, 0.717) is 0 Å². The van der Waals surface area contributed by atoms with E-state index in [1.807, 2.05) is 18.2 Å². The molecule has 0 radical (unpaired) electrons. The molecule has 1 saturated heterocycles. The van der Waals surface area contributed by atoms with Crippen LogP contribution in [0.3, 0.4) is 0 Å². The number of ether oxygens (including phenoxy) is 1. The van der Waals surface area contributed by atoms with Crippen molar-refractivity contribution in [1.82, 2.24) is 5.32 Å². The summed E-state index contributed by atoms with van der Waals surface area (Å²) in [6.45, 7) is 0. The highest BCUT2D eigenvalue weighted by Crippen LogP contribution is 2.42. The number of alkyl carbamates (subject to hydrolysis) is 1. The first kappa shape index (κ1) is 9.70. The monoisotopic (exact) mass is 217 g/mol. The molecule has 1 aromatic rings. The van der Waals surface area contributed by atoms with Crippen molar-refractivity contribution in [2.24, 2.45) is 0 Å². The van der Waals surface area contributed by atoms with E-state index in [1.54, 1.807) is 0 Å². The molecule has 2 atom stereocenters. The molecule has 1 N–H and O–H groups in total. The van der Waals surface area contributed by atoms with Gasteiger partial charge < -0.3 is 10.1 Å². The number of hydrogen-bond donors (Lipinski definition) is 1. The Hall–Kier alpha value is -1.51. The maximum absolute atomic E-state index is 11.5. The van der Waals surface area contributed by atoms with Crippen molar-refractivity contribution in [1.29, 1.82) is 0 Å². The zero-order valence-electron chi connectivity index (χ0n) is 9.11. The summed E-state index contributed by atoms with van der Waals surface area (Å²) in [6.07, 6.45) is 3.98. The van der Waals surface area contributed by atoms with Gasteiger partial charge in [-0.2, -0.15) is 0 Å². The highest BCUT2D eigenvalue weighted by atomic mass is 16.6. The van der Waals surface area contributed by atoms with Gasteiger partial charge in [0.25, 0.3) is 0 Å². The van der Waals surface area contributed by atoms with Gasteiger partial charge in [-0.25, -0.2) is 4.79 Å². The van der Waals surface area contributed by atoms with E-state index in [1.165, 1.54) is 5.56 Å². The maximum Gasteiger partial charge on any atom is 0.408 e. The Kier molecular flexibility index (Phi) is 2.13. The number of rotatable bonds is 1. The minimum Gasteiger partial charge on any atom is -0.443 e. The van der Waals surface area contributed by atoms with E-state index in [4.69, 9.17) is 4.74 Å². The largest absolute Gasteiger partial charge is 0.443 e. The summed E-state index contributed by atoms with van der Waals surface area (Å²) in [5.41, 5.74) is 0.905. The minimum atomic E-state index is -0.268. The van der Waals surface area contributed by atoms with Gasteiger partial charge in [-0.1, -0.05) is 36.8 Å². The second kappa shape index (κ2) is 3.51. The van der Waals surface area contributed by atoms with Gasteiger partial charge in [0, 0.05) is 0 Å². The molecule has 1 aliphatic heterocycles. The van der Waals surface area contributed by atoms with Gasteiger partial charge in [-0.05, 0) is 24.8 Å². The molecule has 0 spiro atoms. The average molecular weight is 217 g/mol. The van der Waals surface area contributed by atoms with Crippen molar-refractivity contribution in [2.45, 2.75) is 37.3 Å². The van der Waals surface area contributed by atoms with E-state index in [2.05, 4.69) is 17.4 Å². The second-order valence-corrected chi connectivity index (χ2v) is 4.60. The van der Waals surface area contributed by atoms with Gasteiger partial charge in [-0.3, -0.25) is 0 Å². The normalized spacial score (nSPS) is 32.8. The van der Waals surface area contributed by atoms with E-state index < -0.39 is 0 Å². The van der Waals surface area contributed by atoms with Gasteiger partial charge in [0.05, 0.1) is 0 Å². The van der Waals surface area contributed by atoms with Crippen LogP contribution in [0, 0.1) is 0 Å². The van der Waals surface area contributed by atoms with Crippen LogP contribution in [0.25, 0.3) is 0 Å². The predicted octanol–water partition coefficient (Wildman–Crippen LogP) is 2.56. The van der Waals surface area contributed by atoms with Gasteiger partial charge >= 0.3 is 6.09 Å². The first-order valence-corrected chi connectivity index (χ1v) is 5.86. The van der Waals surface area contributed by atoms with Crippen molar-refractivity contribution in [2.75, 3.05) is 0 Å². The molecule has 2 aliphatic rings. The number of nitrogens with one attached hydrogen (secondary N) is 1. The standard InChI is InChI=1S/C13H15NO2/c15-12-14-13(10-6-2-1-3-7-10)9-5-4-8-11(13)16-12/h1-3,6-7,11H,4-5,8-9H2,(H,14,15)/t11?,13-/m1/s1. The van der Waals surface area contributed by atoms with Crippen LogP contribution in [-0.4, -0.2) is 12.2 Å². The Morgan fingerprint density at radius 1 is 1.25 bits per heavy atom. The van der Waals surface area contributed by atoms with Crippen molar-refractivity contribution >= 4 is 6.09 Å². The molecule has 1 unspecified atom stereocenters. The summed E-state index contributed by atoms with van der Waals surface area (Å²) in [5.74, 6) is 0. The Balaban J connectivity index is 2.03. The number of carbonyl (C=O) groups excluding carboxylic acids is 1. The van der Waals surface area contributed by atoms with E-state index in [-0.39, 0.29) is 17.7 Å². The van der Waals surface area contributed by atoms with Gasteiger partial charge in [0.15, 0.2) is 0 Å². The van der Waals surface area contributed by atoms with Crippen molar-refractivity contribution in [3.63, 3.8) is 0 Å². The lowest BCUT2D eigenvalue weighted by molar-refractivity contribution is 0.0765. The lowest BCUT2D eigenvalue weighted by atomic mass is 9.75. The highest BCUT2D eigenvalue weighted by molar-refractivity contribution is 5.72. The van der Waals surface area contributed by atoms with Crippen molar-refractivity contribution < 1.29 is 9.53 Å². The summed E-state index contributed by atoms with van der Waals surface area (Å²) in [5, 5.41) is 3.02. The van der Waals surface area contributed by atoms with Crippen molar-refractivity contribution in [3.8, 4) is 0 Å². The third-order valence-corrected chi connectivity index (χ3v) is 3.70. The van der Waals surface area contributed by atoms with E-state index in [9.17, 15) is 4.79 Å². The molecular formula is C13H15NO2. The summed E-state index contributed by atoms with van der Waals surface area (Å²) in [4.78, 5) is 11.5.